The Balaban J connectivity index is 2.52. The van der Waals surface area contributed by atoms with E-state index >= 15 is 0 Å². The predicted molar refractivity (Wildman–Crippen MR) is 76.8 cm³/mol. The molecule has 3 nitrogen and oxygen atoms in total. The first-order valence-corrected chi connectivity index (χ1v) is 6.68. The highest BCUT2D eigenvalue weighted by Crippen LogP contribution is 2.30. The number of carbonyl (C=O) groups is 1. The summed E-state index contributed by atoms with van der Waals surface area (Å²) >= 11 is 12.3. The number of ether oxygens (including phenoxy) is 1. The fourth-order valence-corrected chi connectivity index (χ4v) is 2.44. The molecule has 0 amide bonds. The van der Waals surface area contributed by atoms with Crippen LogP contribution in [0.2, 0.25) is 10.0 Å². The molecule has 19 heavy (non-hydrogen) atoms. The van der Waals surface area contributed by atoms with Crippen LogP contribution in [0.3, 0.4) is 0 Å². The Labute approximate surface area is 121 Å². The smallest absolute Gasteiger partial charge is 0.310 e. The van der Waals surface area contributed by atoms with Crippen LogP contribution in [-0.2, 0) is 16.0 Å². The molecule has 0 unspecified atom stereocenters. The van der Waals surface area contributed by atoms with E-state index in [0.717, 1.165) is 16.6 Å². The maximum Gasteiger partial charge on any atom is 0.310 e. The molecule has 0 fully saturated rings. The average molecular weight is 298 g/mol. The third-order valence-electron chi connectivity index (χ3n) is 2.81. The Hall–Kier alpha value is -1.32. The van der Waals surface area contributed by atoms with Crippen molar-refractivity contribution in [2.75, 3.05) is 6.61 Å². The summed E-state index contributed by atoms with van der Waals surface area (Å²) < 4.78 is 4.94. The minimum absolute atomic E-state index is 0.119. The van der Waals surface area contributed by atoms with Crippen molar-refractivity contribution in [3.05, 3.63) is 39.5 Å². The fraction of sp³-hybridized carbons (Fsp3) is 0.286. The maximum atomic E-state index is 11.6. The Bertz CT molecular complexity index is 641. The van der Waals surface area contributed by atoms with Crippen molar-refractivity contribution < 1.29 is 9.53 Å². The van der Waals surface area contributed by atoms with Crippen LogP contribution in [-0.4, -0.2) is 17.6 Å². The molecule has 0 saturated carbocycles. The number of aromatic nitrogens is 1. The first-order chi connectivity index (χ1) is 9.02. The number of rotatable bonds is 3. The van der Waals surface area contributed by atoms with Crippen molar-refractivity contribution in [2.45, 2.75) is 20.3 Å². The summed E-state index contributed by atoms with van der Waals surface area (Å²) in [5.74, 6) is -0.310. The summed E-state index contributed by atoms with van der Waals surface area (Å²) in [6, 6.07) is 5.32. The Morgan fingerprint density at radius 2 is 2.11 bits per heavy atom. The van der Waals surface area contributed by atoms with Crippen molar-refractivity contribution >= 4 is 40.1 Å². The predicted octanol–water partition coefficient (Wildman–Crippen LogP) is 3.96. The zero-order chi connectivity index (χ0) is 14.0. The van der Waals surface area contributed by atoms with Gasteiger partial charge >= 0.3 is 5.97 Å². The fourth-order valence-electron chi connectivity index (χ4n) is 1.91. The van der Waals surface area contributed by atoms with E-state index in [-0.39, 0.29) is 12.4 Å². The van der Waals surface area contributed by atoms with Crippen molar-refractivity contribution in [3.63, 3.8) is 0 Å². The quantitative estimate of drug-likeness (QED) is 0.805. The highest BCUT2D eigenvalue weighted by Gasteiger charge is 2.15. The normalized spacial score (nSPS) is 10.7. The van der Waals surface area contributed by atoms with Gasteiger partial charge < -0.3 is 4.74 Å². The van der Waals surface area contributed by atoms with E-state index in [4.69, 9.17) is 27.9 Å². The molecule has 0 radical (unpaired) electrons. The van der Waals surface area contributed by atoms with Crippen LogP contribution in [0.4, 0.5) is 0 Å². The number of carbonyl (C=O) groups excluding carboxylic acids is 1. The number of halogens is 2. The molecule has 1 aromatic carbocycles. The number of pyridine rings is 1. The van der Waals surface area contributed by atoms with E-state index in [9.17, 15) is 4.79 Å². The first-order valence-electron chi connectivity index (χ1n) is 5.92. The van der Waals surface area contributed by atoms with Gasteiger partial charge in [0.1, 0.15) is 0 Å². The van der Waals surface area contributed by atoms with Gasteiger partial charge in [-0.25, -0.2) is 0 Å². The second kappa shape index (κ2) is 5.76. The third kappa shape index (κ3) is 2.99. The van der Waals surface area contributed by atoms with Crippen LogP contribution in [0, 0.1) is 6.92 Å². The molecule has 1 aromatic heterocycles. The Morgan fingerprint density at radius 1 is 1.37 bits per heavy atom. The molecule has 2 rings (SSSR count). The van der Waals surface area contributed by atoms with Gasteiger partial charge in [0.05, 0.1) is 23.6 Å². The van der Waals surface area contributed by atoms with Gasteiger partial charge in [-0.1, -0.05) is 23.2 Å². The molecule has 0 aliphatic carbocycles. The van der Waals surface area contributed by atoms with Crippen molar-refractivity contribution in [1.82, 2.24) is 4.98 Å². The standard InChI is InChI=1S/C14H13Cl2NO2/c1-3-19-13(18)7-10-8(2)17-12-5-4-9(15)6-11(12)14(10)16/h4-6H,3,7H2,1-2H3. The number of fused-ring (bicyclic) bond motifs is 1. The molecule has 0 N–H and O–H groups in total. The largest absolute Gasteiger partial charge is 0.466 e. The molecule has 0 atom stereocenters. The van der Waals surface area contributed by atoms with Gasteiger partial charge in [0.15, 0.2) is 0 Å². The number of hydrogen-bond donors (Lipinski definition) is 0. The number of aryl methyl sites for hydroxylation is 1. The van der Waals surface area contributed by atoms with E-state index in [1.54, 1.807) is 19.1 Å². The lowest BCUT2D eigenvalue weighted by molar-refractivity contribution is -0.142. The van der Waals surface area contributed by atoms with Crippen molar-refractivity contribution in [3.8, 4) is 0 Å². The molecule has 0 spiro atoms. The molecule has 5 heteroatoms. The summed E-state index contributed by atoms with van der Waals surface area (Å²) in [5.41, 5.74) is 2.18. The van der Waals surface area contributed by atoms with Gasteiger partial charge in [-0.05, 0) is 32.0 Å². The second-order valence-corrected chi connectivity index (χ2v) is 4.95. The Morgan fingerprint density at radius 3 is 2.79 bits per heavy atom. The zero-order valence-corrected chi connectivity index (χ0v) is 12.2. The molecule has 100 valence electrons. The molecule has 0 saturated heterocycles. The van der Waals surface area contributed by atoms with E-state index in [0.29, 0.717) is 22.2 Å². The van der Waals surface area contributed by atoms with Crippen LogP contribution in [0.15, 0.2) is 18.2 Å². The van der Waals surface area contributed by atoms with Crippen LogP contribution < -0.4 is 0 Å². The van der Waals surface area contributed by atoms with Gasteiger partial charge in [0.25, 0.3) is 0 Å². The molecule has 0 aliphatic rings. The number of esters is 1. The summed E-state index contributed by atoms with van der Waals surface area (Å²) in [5, 5.41) is 1.85. The average Bonchev–Trinajstić information content (AvgIpc) is 2.36. The van der Waals surface area contributed by atoms with Crippen LogP contribution >= 0.6 is 23.2 Å². The minimum Gasteiger partial charge on any atom is -0.466 e. The van der Waals surface area contributed by atoms with Crippen molar-refractivity contribution in [1.29, 1.82) is 0 Å². The number of nitrogens with zero attached hydrogens (tertiary/aromatic N) is 1. The summed E-state index contributed by atoms with van der Waals surface area (Å²) in [4.78, 5) is 16.0. The SMILES string of the molecule is CCOC(=O)Cc1c(C)nc2ccc(Cl)cc2c1Cl. The highest BCUT2D eigenvalue weighted by atomic mass is 35.5. The third-order valence-corrected chi connectivity index (χ3v) is 3.48. The Kier molecular flexibility index (Phi) is 4.27. The molecule has 1 heterocycles. The van der Waals surface area contributed by atoms with Gasteiger partial charge in [0.2, 0.25) is 0 Å². The maximum absolute atomic E-state index is 11.6. The minimum atomic E-state index is -0.310. The number of benzene rings is 1. The molecular formula is C14H13Cl2NO2. The van der Waals surface area contributed by atoms with Gasteiger partial charge in [-0.3, -0.25) is 9.78 Å². The van der Waals surface area contributed by atoms with Gasteiger partial charge in [0, 0.05) is 21.7 Å². The monoisotopic (exact) mass is 297 g/mol. The number of hydrogen-bond acceptors (Lipinski definition) is 3. The first kappa shape index (κ1) is 14.1. The van der Waals surface area contributed by atoms with Gasteiger partial charge in [-0.2, -0.15) is 0 Å². The van der Waals surface area contributed by atoms with Crippen molar-refractivity contribution in [2.24, 2.45) is 0 Å². The van der Waals surface area contributed by atoms with E-state index < -0.39 is 0 Å². The van der Waals surface area contributed by atoms with Gasteiger partial charge in [-0.15, -0.1) is 0 Å². The molecule has 2 aromatic rings. The second-order valence-electron chi connectivity index (χ2n) is 4.13. The van der Waals surface area contributed by atoms with Crippen LogP contribution in [0.1, 0.15) is 18.2 Å². The van der Waals surface area contributed by atoms with Crippen LogP contribution in [0.25, 0.3) is 10.9 Å². The molecule has 0 bridgehead atoms. The van der Waals surface area contributed by atoms with Crippen LogP contribution in [0.5, 0.6) is 0 Å². The van der Waals surface area contributed by atoms with E-state index in [1.807, 2.05) is 13.0 Å². The lowest BCUT2D eigenvalue weighted by atomic mass is 10.1. The van der Waals surface area contributed by atoms with E-state index in [1.165, 1.54) is 0 Å². The molecular weight excluding hydrogens is 285 g/mol. The lowest BCUT2D eigenvalue weighted by Crippen LogP contribution is -2.10. The zero-order valence-electron chi connectivity index (χ0n) is 10.7. The summed E-state index contributed by atoms with van der Waals surface area (Å²) in [7, 11) is 0. The summed E-state index contributed by atoms with van der Waals surface area (Å²) in [6.07, 6.45) is 0.119. The highest BCUT2D eigenvalue weighted by molar-refractivity contribution is 6.37. The topological polar surface area (TPSA) is 39.2 Å². The lowest BCUT2D eigenvalue weighted by Gasteiger charge is -2.10. The summed E-state index contributed by atoms with van der Waals surface area (Å²) in [6.45, 7) is 3.95. The molecule has 0 aliphatic heterocycles. The van der Waals surface area contributed by atoms with E-state index in [2.05, 4.69) is 4.98 Å².